The van der Waals surface area contributed by atoms with Gasteiger partial charge >= 0.3 is 0 Å². The summed E-state index contributed by atoms with van der Waals surface area (Å²) in [6.07, 6.45) is 2.54. The Morgan fingerprint density at radius 3 is 2.44 bits per heavy atom. The van der Waals surface area contributed by atoms with Crippen molar-refractivity contribution in [3.63, 3.8) is 0 Å². The number of ether oxygens (including phenoxy) is 1. The lowest BCUT2D eigenvalue weighted by atomic mass is 9.94. The van der Waals surface area contributed by atoms with Gasteiger partial charge in [0.15, 0.2) is 0 Å². The highest BCUT2D eigenvalue weighted by molar-refractivity contribution is 5.76. The Hall–Kier alpha value is -1.51. The maximum Gasteiger partial charge on any atom is 0.220 e. The molecular weight excluding hydrogens is 202 g/mol. The van der Waals surface area contributed by atoms with E-state index in [1.807, 2.05) is 24.3 Å². The summed E-state index contributed by atoms with van der Waals surface area (Å²) in [7, 11) is 1.64. The largest absolute Gasteiger partial charge is 0.497 e. The van der Waals surface area contributed by atoms with Crippen molar-refractivity contribution in [3.05, 3.63) is 29.8 Å². The van der Waals surface area contributed by atoms with E-state index in [0.29, 0.717) is 6.42 Å². The van der Waals surface area contributed by atoms with Crippen LogP contribution in [-0.2, 0) is 11.2 Å². The van der Waals surface area contributed by atoms with Gasteiger partial charge in [0.2, 0.25) is 5.91 Å². The van der Waals surface area contributed by atoms with E-state index in [1.54, 1.807) is 7.11 Å². The number of carbonyl (C=O) groups excluding carboxylic acids is 1. The Morgan fingerprint density at radius 2 is 2.00 bits per heavy atom. The van der Waals surface area contributed by atoms with Crippen molar-refractivity contribution in [3.8, 4) is 5.75 Å². The first kappa shape index (κ1) is 12.6. The molecule has 0 fully saturated rings. The summed E-state index contributed by atoms with van der Waals surface area (Å²) < 4.78 is 5.08. The van der Waals surface area contributed by atoms with E-state index in [2.05, 4.69) is 6.92 Å². The first-order valence-corrected chi connectivity index (χ1v) is 5.59. The number of primary amides is 1. The van der Waals surface area contributed by atoms with Gasteiger partial charge in [-0.3, -0.25) is 4.79 Å². The second kappa shape index (κ2) is 6.16. The maximum absolute atomic E-state index is 11.2. The minimum absolute atomic E-state index is 0.0570. The van der Waals surface area contributed by atoms with E-state index in [1.165, 1.54) is 0 Å². The Morgan fingerprint density at radius 1 is 1.38 bits per heavy atom. The van der Waals surface area contributed by atoms with Gasteiger partial charge in [-0.25, -0.2) is 0 Å². The van der Waals surface area contributed by atoms with Crippen LogP contribution in [0.4, 0.5) is 0 Å². The molecule has 3 heteroatoms. The molecule has 0 aliphatic heterocycles. The van der Waals surface area contributed by atoms with E-state index < -0.39 is 0 Å². The van der Waals surface area contributed by atoms with E-state index in [9.17, 15) is 4.79 Å². The second-order valence-corrected chi connectivity index (χ2v) is 3.94. The second-order valence-electron chi connectivity index (χ2n) is 3.94. The molecule has 88 valence electrons. The molecule has 0 aromatic heterocycles. The summed E-state index contributed by atoms with van der Waals surface area (Å²) in [6, 6.07) is 7.76. The van der Waals surface area contributed by atoms with Crippen LogP contribution in [0, 0.1) is 5.92 Å². The van der Waals surface area contributed by atoms with Gasteiger partial charge in [-0.2, -0.15) is 0 Å². The fourth-order valence-corrected chi connectivity index (χ4v) is 1.74. The summed E-state index contributed by atoms with van der Waals surface area (Å²) in [5.74, 6) is 0.561. The van der Waals surface area contributed by atoms with Crippen LogP contribution in [-0.4, -0.2) is 13.0 Å². The van der Waals surface area contributed by atoms with Crippen molar-refractivity contribution >= 4 is 5.91 Å². The maximum atomic E-state index is 11.2. The molecule has 0 saturated carbocycles. The van der Waals surface area contributed by atoms with Crippen molar-refractivity contribution in [1.29, 1.82) is 0 Å². The third-order valence-corrected chi connectivity index (χ3v) is 2.68. The molecule has 0 heterocycles. The molecule has 1 atom stereocenters. The molecule has 3 nitrogen and oxygen atoms in total. The fourth-order valence-electron chi connectivity index (χ4n) is 1.74. The molecule has 1 rings (SSSR count). The number of hydrogen-bond acceptors (Lipinski definition) is 2. The first-order valence-electron chi connectivity index (χ1n) is 5.59. The standard InChI is InChI=1S/C13H19NO2/c1-3-4-11(13(14)15)9-10-5-7-12(16-2)8-6-10/h5-8,11H,3-4,9H2,1-2H3,(H2,14,15). The van der Waals surface area contributed by atoms with Gasteiger partial charge in [-0.05, 0) is 30.5 Å². The van der Waals surface area contributed by atoms with Crippen molar-refractivity contribution in [2.24, 2.45) is 11.7 Å². The van der Waals surface area contributed by atoms with Gasteiger partial charge in [0.25, 0.3) is 0 Å². The summed E-state index contributed by atoms with van der Waals surface area (Å²) in [5.41, 5.74) is 6.49. The zero-order chi connectivity index (χ0) is 12.0. The summed E-state index contributed by atoms with van der Waals surface area (Å²) in [5, 5.41) is 0. The van der Waals surface area contributed by atoms with E-state index in [0.717, 1.165) is 24.2 Å². The molecule has 1 amide bonds. The number of methoxy groups -OCH3 is 1. The Balaban J connectivity index is 2.65. The van der Waals surface area contributed by atoms with Gasteiger partial charge in [0, 0.05) is 5.92 Å². The van der Waals surface area contributed by atoms with Crippen molar-refractivity contribution in [2.45, 2.75) is 26.2 Å². The molecule has 1 aromatic rings. The summed E-state index contributed by atoms with van der Waals surface area (Å²) in [4.78, 5) is 11.2. The smallest absolute Gasteiger partial charge is 0.220 e. The fraction of sp³-hybridized carbons (Fsp3) is 0.462. The van der Waals surface area contributed by atoms with Crippen LogP contribution in [0.2, 0.25) is 0 Å². The number of hydrogen-bond donors (Lipinski definition) is 1. The lowest BCUT2D eigenvalue weighted by Crippen LogP contribution is -2.24. The third kappa shape index (κ3) is 3.57. The average molecular weight is 221 g/mol. The Labute approximate surface area is 96.6 Å². The molecule has 0 aliphatic rings. The predicted molar refractivity (Wildman–Crippen MR) is 64.3 cm³/mol. The zero-order valence-corrected chi connectivity index (χ0v) is 9.90. The van der Waals surface area contributed by atoms with Gasteiger partial charge < -0.3 is 10.5 Å². The van der Waals surface area contributed by atoms with Gasteiger partial charge in [0.1, 0.15) is 5.75 Å². The minimum Gasteiger partial charge on any atom is -0.497 e. The van der Waals surface area contributed by atoms with Crippen LogP contribution in [0.3, 0.4) is 0 Å². The topological polar surface area (TPSA) is 52.3 Å². The van der Waals surface area contributed by atoms with Crippen LogP contribution in [0.25, 0.3) is 0 Å². The average Bonchev–Trinajstić information content (AvgIpc) is 2.29. The van der Waals surface area contributed by atoms with Gasteiger partial charge in [0.05, 0.1) is 7.11 Å². The molecule has 1 unspecified atom stereocenters. The molecule has 16 heavy (non-hydrogen) atoms. The van der Waals surface area contributed by atoms with Crippen LogP contribution in [0.15, 0.2) is 24.3 Å². The molecule has 0 aliphatic carbocycles. The molecule has 0 radical (unpaired) electrons. The molecule has 1 aromatic carbocycles. The van der Waals surface area contributed by atoms with Crippen molar-refractivity contribution in [2.75, 3.05) is 7.11 Å². The molecule has 0 bridgehead atoms. The lowest BCUT2D eigenvalue weighted by Gasteiger charge is -2.12. The van der Waals surface area contributed by atoms with E-state index >= 15 is 0 Å². The highest BCUT2D eigenvalue weighted by Gasteiger charge is 2.14. The SMILES string of the molecule is CCCC(Cc1ccc(OC)cc1)C(N)=O. The Kier molecular flexibility index (Phi) is 4.83. The van der Waals surface area contributed by atoms with Crippen LogP contribution in [0.1, 0.15) is 25.3 Å². The molecular formula is C13H19NO2. The van der Waals surface area contributed by atoms with Gasteiger partial charge in [-0.15, -0.1) is 0 Å². The van der Waals surface area contributed by atoms with Crippen molar-refractivity contribution < 1.29 is 9.53 Å². The monoisotopic (exact) mass is 221 g/mol. The highest BCUT2D eigenvalue weighted by Crippen LogP contribution is 2.17. The molecule has 0 spiro atoms. The molecule has 0 saturated heterocycles. The quantitative estimate of drug-likeness (QED) is 0.800. The van der Waals surface area contributed by atoms with Crippen LogP contribution in [0.5, 0.6) is 5.75 Å². The first-order chi connectivity index (χ1) is 7.67. The predicted octanol–water partition coefficient (Wildman–Crippen LogP) is 2.14. The third-order valence-electron chi connectivity index (χ3n) is 2.68. The van der Waals surface area contributed by atoms with Crippen molar-refractivity contribution in [1.82, 2.24) is 0 Å². The number of nitrogens with two attached hydrogens (primary N) is 1. The Bertz CT molecular complexity index is 332. The lowest BCUT2D eigenvalue weighted by molar-refractivity contribution is -0.122. The number of rotatable bonds is 6. The zero-order valence-electron chi connectivity index (χ0n) is 9.90. The number of benzene rings is 1. The van der Waals surface area contributed by atoms with Gasteiger partial charge in [-0.1, -0.05) is 25.5 Å². The normalized spacial score (nSPS) is 12.1. The van der Waals surface area contributed by atoms with Crippen LogP contribution < -0.4 is 10.5 Å². The summed E-state index contributed by atoms with van der Waals surface area (Å²) >= 11 is 0. The minimum atomic E-state index is -0.210. The molecule has 2 N–H and O–H groups in total. The van der Waals surface area contributed by atoms with E-state index in [4.69, 9.17) is 10.5 Å². The highest BCUT2D eigenvalue weighted by atomic mass is 16.5. The summed E-state index contributed by atoms with van der Waals surface area (Å²) in [6.45, 7) is 2.06. The number of amides is 1. The number of carbonyl (C=O) groups is 1. The van der Waals surface area contributed by atoms with Crippen LogP contribution >= 0.6 is 0 Å². The van der Waals surface area contributed by atoms with E-state index in [-0.39, 0.29) is 11.8 Å².